The Bertz CT molecular complexity index is 948. The molecule has 3 amide bonds. The molecule has 2 rings (SSSR count). The van der Waals surface area contributed by atoms with Crippen LogP contribution < -0.4 is 20.1 Å². The lowest BCUT2D eigenvalue weighted by atomic mass is 10.2. The van der Waals surface area contributed by atoms with Crippen molar-refractivity contribution < 1.29 is 23.9 Å². The number of ether oxygens (including phenoxy) is 2. The summed E-state index contributed by atoms with van der Waals surface area (Å²) < 4.78 is 11.2. The topological polar surface area (TPSA) is 97.0 Å². The van der Waals surface area contributed by atoms with Crippen LogP contribution in [0.15, 0.2) is 40.9 Å². The second-order valence-corrected chi connectivity index (χ2v) is 7.43. The smallest absolute Gasteiger partial charge is 0.251 e. The molecule has 0 unspecified atom stereocenters. The fraction of sp³-hybridized carbons (Fsp3) is 0.286. The third-order valence-electron chi connectivity index (χ3n) is 4.31. The lowest BCUT2D eigenvalue weighted by molar-refractivity contribution is -0.132. The van der Waals surface area contributed by atoms with Crippen molar-refractivity contribution in [3.8, 4) is 11.5 Å². The van der Waals surface area contributed by atoms with Crippen molar-refractivity contribution in [2.24, 2.45) is 0 Å². The number of carbonyl (C=O) groups excluding carboxylic acids is 3. The van der Waals surface area contributed by atoms with Gasteiger partial charge in [-0.1, -0.05) is 15.9 Å². The van der Waals surface area contributed by atoms with Crippen molar-refractivity contribution >= 4 is 39.3 Å². The fourth-order valence-electron chi connectivity index (χ4n) is 2.63. The lowest BCUT2D eigenvalue weighted by Crippen LogP contribution is -2.41. The molecule has 0 bridgehead atoms. The number of aryl methyl sites for hydroxylation is 1. The molecule has 2 aromatic rings. The molecule has 30 heavy (non-hydrogen) atoms. The quantitative estimate of drug-likeness (QED) is 0.608. The third kappa shape index (κ3) is 6.21. The number of likely N-dealkylation sites (N-methyl/N-ethyl adjacent to an activating group) is 1. The van der Waals surface area contributed by atoms with E-state index < -0.39 is 11.8 Å². The van der Waals surface area contributed by atoms with Crippen LogP contribution in [0.3, 0.4) is 0 Å². The molecule has 0 aliphatic carbocycles. The summed E-state index contributed by atoms with van der Waals surface area (Å²) in [6, 6.07) is 10.2. The van der Waals surface area contributed by atoms with Crippen LogP contribution in [0.25, 0.3) is 0 Å². The number of amides is 3. The van der Waals surface area contributed by atoms with Crippen molar-refractivity contribution in [2.75, 3.05) is 39.7 Å². The van der Waals surface area contributed by atoms with Crippen molar-refractivity contribution in [2.45, 2.75) is 6.92 Å². The van der Waals surface area contributed by atoms with Gasteiger partial charge >= 0.3 is 0 Å². The van der Waals surface area contributed by atoms with Gasteiger partial charge in [0.05, 0.1) is 27.3 Å². The minimum Gasteiger partial charge on any atom is -0.493 e. The molecule has 160 valence electrons. The summed E-state index contributed by atoms with van der Waals surface area (Å²) >= 11 is 3.37. The maximum absolute atomic E-state index is 12.3. The van der Waals surface area contributed by atoms with Gasteiger partial charge in [0.1, 0.15) is 0 Å². The van der Waals surface area contributed by atoms with E-state index in [1.165, 1.54) is 32.2 Å². The summed E-state index contributed by atoms with van der Waals surface area (Å²) in [5, 5.41) is 5.31. The van der Waals surface area contributed by atoms with E-state index >= 15 is 0 Å². The predicted molar refractivity (Wildman–Crippen MR) is 117 cm³/mol. The Labute approximate surface area is 183 Å². The molecule has 0 fully saturated rings. The molecule has 0 saturated carbocycles. The Morgan fingerprint density at radius 1 is 1.03 bits per heavy atom. The SMILES string of the molecule is COc1ccc(C(=O)NCC(=O)N(C)CC(=O)Nc2ccc(Br)cc2C)cc1OC. The standard InChI is InChI=1S/C21H24BrN3O5/c1-13-9-15(22)6-7-16(13)24-19(26)12-25(2)20(27)11-23-21(28)14-5-8-17(29-3)18(10-14)30-4/h5-10H,11-12H2,1-4H3,(H,23,28)(H,24,26). The molecule has 0 saturated heterocycles. The van der Waals surface area contributed by atoms with E-state index in [0.29, 0.717) is 22.7 Å². The largest absolute Gasteiger partial charge is 0.493 e. The number of nitrogens with one attached hydrogen (secondary N) is 2. The van der Waals surface area contributed by atoms with Crippen LogP contribution in [0.5, 0.6) is 11.5 Å². The highest BCUT2D eigenvalue weighted by molar-refractivity contribution is 9.10. The first-order chi connectivity index (χ1) is 14.2. The van der Waals surface area contributed by atoms with E-state index in [1.807, 2.05) is 19.1 Å². The van der Waals surface area contributed by atoms with Gasteiger partial charge in [0.25, 0.3) is 5.91 Å². The van der Waals surface area contributed by atoms with E-state index in [0.717, 1.165) is 10.0 Å². The number of hydrogen-bond acceptors (Lipinski definition) is 5. The van der Waals surface area contributed by atoms with Gasteiger partial charge in [0.15, 0.2) is 11.5 Å². The Balaban J connectivity index is 1.88. The van der Waals surface area contributed by atoms with Gasteiger partial charge in [-0.15, -0.1) is 0 Å². The summed E-state index contributed by atoms with van der Waals surface area (Å²) in [5.41, 5.74) is 1.89. The van der Waals surface area contributed by atoms with Gasteiger partial charge in [0, 0.05) is 22.8 Å². The molecule has 0 aliphatic rings. The van der Waals surface area contributed by atoms with Gasteiger partial charge in [-0.25, -0.2) is 0 Å². The first-order valence-electron chi connectivity index (χ1n) is 9.05. The normalized spacial score (nSPS) is 10.2. The monoisotopic (exact) mass is 477 g/mol. The third-order valence-corrected chi connectivity index (χ3v) is 4.81. The number of benzene rings is 2. The number of hydrogen-bond donors (Lipinski definition) is 2. The number of rotatable bonds is 8. The Morgan fingerprint density at radius 3 is 2.37 bits per heavy atom. The van der Waals surface area contributed by atoms with Crippen molar-refractivity contribution in [1.29, 1.82) is 0 Å². The number of anilines is 1. The van der Waals surface area contributed by atoms with E-state index in [-0.39, 0.29) is 19.0 Å². The highest BCUT2D eigenvalue weighted by atomic mass is 79.9. The Hall–Kier alpha value is -3.07. The molecule has 0 radical (unpaired) electrons. The average molecular weight is 478 g/mol. The van der Waals surface area contributed by atoms with Crippen LogP contribution in [-0.4, -0.2) is 57.0 Å². The van der Waals surface area contributed by atoms with Crippen LogP contribution in [0.2, 0.25) is 0 Å². The van der Waals surface area contributed by atoms with Crippen molar-refractivity contribution in [1.82, 2.24) is 10.2 Å². The van der Waals surface area contributed by atoms with E-state index in [2.05, 4.69) is 26.6 Å². The summed E-state index contributed by atoms with van der Waals surface area (Å²) in [5.74, 6) is -0.257. The molecular weight excluding hydrogens is 454 g/mol. The molecule has 2 N–H and O–H groups in total. The Morgan fingerprint density at radius 2 is 1.73 bits per heavy atom. The minimum absolute atomic E-state index is 0.138. The summed E-state index contributed by atoms with van der Waals surface area (Å²) in [6.07, 6.45) is 0. The van der Waals surface area contributed by atoms with Gasteiger partial charge in [-0.05, 0) is 48.9 Å². The van der Waals surface area contributed by atoms with Crippen molar-refractivity contribution in [3.05, 3.63) is 52.0 Å². The van der Waals surface area contributed by atoms with Crippen LogP contribution in [0, 0.1) is 6.92 Å². The van der Waals surface area contributed by atoms with Crippen molar-refractivity contribution in [3.63, 3.8) is 0 Å². The second-order valence-electron chi connectivity index (χ2n) is 6.51. The zero-order valence-corrected chi connectivity index (χ0v) is 18.8. The first-order valence-corrected chi connectivity index (χ1v) is 9.84. The molecule has 0 spiro atoms. The molecular formula is C21H24BrN3O5. The molecule has 0 aliphatic heterocycles. The van der Waals surface area contributed by atoms with E-state index in [1.54, 1.807) is 18.2 Å². The van der Waals surface area contributed by atoms with E-state index in [9.17, 15) is 14.4 Å². The number of nitrogens with zero attached hydrogens (tertiary/aromatic N) is 1. The molecule has 0 atom stereocenters. The maximum atomic E-state index is 12.3. The zero-order valence-electron chi connectivity index (χ0n) is 17.2. The number of halogens is 1. The highest BCUT2D eigenvalue weighted by Gasteiger charge is 2.16. The predicted octanol–water partition coefficient (Wildman–Crippen LogP) is 2.60. The molecule has 9 heteroatoms. The van der Waals surface area contributed by atoms with Crippen LogP contribution in [0.4, 0.5) is 5.69 Å². The zero-order chi connectivity index (χ0) is 22.3. The molecule has 0 aromatic heterocycles. The van der Waals surface area contributed by atoms with Gasteiger partial charge < -0.3 is 25.0 Å². The van der Waals surface area contributed by atoms with Crippen LogP contribution >= 0.6 is 15.9 Å². The minimum atomic E-state index is -0.437. The summed E-state index contributed by atoms with van der Waals surface area (Å²) in [4.78, 5) is 38.1. The van der Waals surface area contributed by atoms with E-state index in [4.69, 9.17) is 9.47 Å². The summed E-state index contributed by atoms with van der Waals surface area (Å²) in [6.45, 7) is 1.49. The lowest BCUT2D eigenvalue weighted by Gasteiger charge is -2.18. The average Bonchev–Trinajstić information content (AvgIpc) is 2.73. The molecule has 2 aromatic carbocycles. The highest BCUT2D eigenvalue weighted by Crippen LogP contribution is 2.27. The summed E-state index contributed by atoms with van der Waals surface area (Å²) in [7, 11) is 4.47. The van der Waals surface area contributed by atoms with Gasteiger partial charge in [-0.3, -0.25) is 14.4 Å². The van der Waals surface area contributed by atoms with Gasteiger partial charge in [-0.2, -0.15) is 0 Å². The Kier molecular flexibility index (Phi) is 8.23. The van der Waals surface area contributed by atoms with Crippen LogP contribution in [-0.2, 0) is 9.59 Å². The number of methoxy groups -OCH3 is 2. The first kappa shape index (κ1) is 23.2. The molecule has 8 nitrogen and oxygen atoms in total. The number of carbonyl (C=O) groups is 3. The fourth-order valence-corrected chi connectivity index (χ4v) is 3.11. The second kappa shape index (κ2) is 10.6. The molecule has 0 heterocycles. The maximum Gasteiger partial charge on any atom is 0.251 e. The van der Waals surface area contributed by atoms with Gasteiger partial charge in [0.2, 0.25) is 11.8 Å². The van der Waals surface area contributed by atoms with Crippen LogP contribution in [0.1, 0.15) is 15.9 Å².